The lowest BCUT2D eigenvalue weighted by atomic mass is 10.4. The third-order valence-corrected chi connectivity index (χ3v) is 6.49. The van der Waals surface area contributed by atoms with Gasteiger partial charge in [-0.1, -0.05) is 11.3 Å². The van der Waals surface area contributed by atoms with Crippen molar-refractivity contribution in [3.8, 4) is 0 Å². The van der Waals surface area contributed by atoms with Gasteiger partial charge >= 0.3 is 5.69 Å². The number of rotatable bonds is 3. The van der Waals surface area contributed by atoms with Crippen molar-refractivity contribution in [3.05, 3.63) is 16.2 Å². The molecule has 0 bridgehead atoms. The number of thiophene rings is 1. The predicted molar refractivity (Wildman–Crippen MR) is 76.3 cm³/mol. The molecule has 0 saturated carbocycles. The zero-order valence-corrected chi connectivity index (χ0v) is 12.6. The lowest BCUT2D eigenvalue weighted by Gasteiger charge is -2.18. The van der Waals surface area contributed by atoms with E-state index in [9.17, 15) is 18.5 Å². The second kappa shape index (κ2) is 5.64. The predicted octanol–water partition coefficient (Wildman–Crippen LogP) is 0.565. The zero-order chi connectivity index (χ0) is 14.9. The summed E-state index contributed by atoms with van der Waals surface area (Å²) < 4.78 is 26.3. The average Bonchev–Trinajstić information content (AvgIpc) is 2.62. The molecule has 0 aliphatic carbocycles. The number of nitrogens with zero attached hydrogens (tertiary/aromatic N) is 3. The summed E-state index contributed by atoms with van der Waals surface area (Å²) in [6, 6.07) is 1.05. The largest absolute Gasteiger partial charge is 0.385 e. The van der Waals surface area contributed by atoms with Gasteiger partial charge in [0, 0.05) is 25.7 Å². The monoisotopic (exact) mass is 320 g/mol. The van der Waals surface area contributed by atoms with Crippen LogP contribution in [-0.2, 0) is 10.0 Å². The van der Waals surface area contributed by atoms with Crippen LogP contribution in [0.2, 0.25) is 0 Å². The van der Waals surface area contributed by atoms with E-state index in [2.05, 4.69) is 4.90 Å². The third-order valence-electron chi connectivity index (χ3n) is 3.19. The van der Waals surface area contributed by atoms with Crippen LogP contribution in [0.5, 0.6) is 0 Å². The normalized spacial score (nSPS) is 18.9. The van der Waals surface area contributed by atoms with Crippen molar-refractivity contribution in [2.24, 2.45) is 0 Å². The van der Waals surface area contributed by atoms with Crippen molar-refractivity contribution >= 4 is 32.0 Å². The molecule has 1 saturated heterocycles. The van der Waals surface area contributed by atoms with Crippen LogP contribution in [0, 0.1) is 10.1 Å². The molecule has 0 atom stereocenters. The summed E-state index contributed by atoms with van der Waals surface area (Å²) >= 11 is 0.744. The molecule has 1 aromatic rings. The number of anilines is 1. The van der Waals surface area contributed by atoms with Crippen LogP contribution in [-0.4, -0.2) is 55.8 Å². The Morgan fingerprint density at radius 1 is 1.35 bits per heavy atom. The van der Waals surface area contributed by atoms with E-state index in [-0.39, 0.29) is 14.9 Å². The van der Waals surface area contributed by atoms with Crippen molar-refractivity contribution < 1.29 is 13.3 Å². The molecule has 20 heavy (non-hydrogen) atoms. The number of nitrogen functional groups attached to an aromatic ring is 1. The molecule has 10 heteroatoms. The minimum absolute atomic E-state index is 0.0637. The molecule has 2 heterocycles. The van der Waals surface area contributed by atoms with Crippen molar-refractivity contribution in [2.75, 3.05) is 39.0 Å². The SMILES string of the molecule is CN1CCCN(S(=O)(=O)c2cc([N+](=O)[O-])c(N)s2)CC1. The van der Waals surface area contributed by atoms with Gasteiger partial charge in [-0.3, -0.25) is 10.1 Å². The minimum Gasteiger partial charge on any atom is -0.385 e. The minimum atomic E-state index is -3.70. The molecule has 1 aliphatic rings. The molecule has 1 aliphatic heterocycles. The van der Waals surface area contributed by atoms with Crippen molar-refractivity contribution in [1.82, 2.24) is 9.21 Å². The summed E-state index contributed by atoms with van der Waals surface area (Å²) in [5.41, 5.74) is 5.16. The topological polar surface area (TPSA) is 110 Å². The van der Waals surface area contributed by atoms with E-state index >= 15 is 0 Å². The zero-order valence-electron chi connectivity index (χ0n) is 11.0. The van der Waals surface area contributed by atoms with Crippen LogP contribution >= 0.6 is 11.3 Å². The molecule has 112 valence electrons. The molecule has 1 aromatic heterocycles. The van der Waals surface area contributed by atoms with Gasteiger partial charge in [-0.25, -0.2) is 8.42 Å². The Labute approximate surface area is 121 Å². The first-order valence-electron chi connectivity index (χ1n) is 6.05. The molecule has 8 nitrogen and oxygen atoms in total. The number of hydrogen-bond acceptors (Lipinski definition) is 7. The third kappa shape index (κ3) is 2.92. The highest BCUT2D eigenvalue weighted by Gasteiger charge is 2.31. The maximum atomic E-state index is 12.5. The number of likely N-dealkylation sites (N-methyl/N-ethyl adjacent to an activating group) is 1. The Balaban J connectivity index is 2.30. The Morgan fingerprint density at radius 2 is 2.05 bits per heavy atom. The van der Waals surface area contributed by atoms with Gasteiger partial charge in [0.25, 0.3) is 10.0 Å². The van der Waals surface area contributed by atoms with Crippen molar-refractivity contribution in [2.45, 2.75) is 10.6 Å². The van der Waals surface area contributed by atoms with E-state index in [0.29, 0.717) is 19.6 Å². The number of nitro groups is 1. The van der Waals surface area contributed by atoms with Gasteiger partial charge in [-0.15, -0.1) is 0 Å². The Morgan fingerprint density at radius 3 is 2.65 bits per heavy atom. The maximum absolute atomic E-state index is 12.5. The molecule has 2 rings (SSSR count). The molecule has 0 radical (unpaired) electrons. The van der Waals surface area contributed by atoms with E-state index in [1.807, 2.05) is 7.05 Å². The smallest absolute Gasteiger partial charge is 0.304 e. The van der Waals surface area contributed by atoms with Crippen LogP contribution in [0.1, 0.15) is 6.42 Å². The fourth-order valence-electron chi connectivity index (χ4n) is 2.03. The van der Waals surface area contributed by atoms with Gasteiger partial charge < -0.3 is 10.6 Å². The van der Waals surface area contributed by atoms with Gasteiger partial charge in [0.05, 0.1) is 4.92 Å². The number of nitrogens with two attached hydrogens (primary N) is 1. The summed E-state index contributed by atoms with van der Waals surface area (Å²) in [5.74, 6) is 0. The fourth-order valence-corrected chi connectivity index (χ4v) is 4.87. The molecular formula is C10H16N4O4S2. The summed E-state index contributed by atoms with van der Waals surface area (Å²) in [6.07, 6.45) is 0.735. The maximum Gasteiger partial charge on any atom is 0.304 e. The Kier molecular flexibility index (Phi) is 4.28. The number of sulfonamides is 1. The van der Waals surface area contributed by atoms with Gasteiger partial charge in [-0.2, -0.15) is 4.31 Å². The van der Waals surface area contributed by atoms with Crippen LogP contribution in [0.25, 0.3) is 0 Å². The van der Waals surface area contributed by atoms with Gasteiger partial charge in [0.2, 0.25) is 0 Å². The molecule has 0 unspecified atom stereocenters. The summed E-state index contributed by atoms with van der Waals surface area (Å²) in [6.45, 7) is 2.27. The van der Waals surface area contributed by atoms with Crippen LogP contribution in [0.4, 0.5) is 10.7 Å². The fraction of sp³-hybridized carbons (Fsp3) is 0.600. The van der Waals surface area contributed by atoms with Gasteiger partial charge in [0.1, 0.15) is 4.21 Å². The molecular weight excluding hydrogens is 304 g/mol. The second-order valence-electron chi connectivity index (χ2n) is 4.63. The molecule has 1 fully saturated rings. The highest BCUT2D eigenvalue weighted by Crippen LogP contribution is 2.35. The first-order chi connectivity index (χ1) is 9.32. The van der Waals surface area contributed by atoms with Crippen molar-refractivity contribution in [3.63, 3.8) is 0 Å². The molecule has 0 amide bonds. The first kappa shape index (κ1) is 15.2. The summed E-state index contributed by atoms with van der Waals surface area (Å²) in [5, 5.41) is 10.7. The summed E-state index contributed by atoms with van der Waals surface area (Å²) in [7, 11) is -1.77. The van der Waals surface area contributed by atoms with E-state index < -0.39 is 14.9 Å². The molecule has 0 aromatic carbocycles. The van der Waals surface area contributed by atoms with E-state index in [0.717, 1.165) is 30.4 Å². The highest BCUT2D eigenvalue weighted by atomic mass is 32.2. The Bertz CT molecular complexity index is 613. The van der Waals surface area contributed by atoms with Gasteiger partial charge in [-0.05, 0) is 20.0 Å². The lowest BCUT2D eigenvalue weighted by Crippen LogP contribution is -2.34. The highest BCUT2D eigenvalue weighted by molar-refractivity contribution is 7.91. The second-order valence-corrected chi connectivity index (χ2v) is 7.88. The van der Waals surface area contributed by atoms with Crippen LogP contribution in [0.15, 0.2) is 10.3 Å². The standard InChI is InChI=1S/C10H16N4O4S2/c1-12-3-2-4-13(6-5-12)20(17,18)9-7-8(14(15)16)10(11)19-9/h7H,2-6,11H2,1H3. The molecule has 2 N–H and O–H groups in total. The van der Waals surface area contributed by atoms with Crippen LogP contribution < -0.4 is 5.73 Å². The Hall–Kier alpha value is -1.23. The molecule has 0 spiro atoms. The van der Waals surface area contributed by atoms with E-state index in [4.69, 9.17) is 5.73 Å². The average molecular weight is 320 g/mol. The summed E-state index contributed by atoms with van der Waals surface area (Å²) in [4.78, 5) is 12.1. The van der Waals surface area contributed by atoms with E-state index in [1.165, 1.54) is 4.31 Å². The van der Waals surface area contributed by atoms with Crippen molar-refractivity contribution in [1.29, 1.82) is 0 Å². The first-order valence-corrected chi connectivity index (χ1v) is 8.30. The number of hydrogen-bond donors (Lipinski definition) is 1. The van der Waals surface area contributed by atoms with Crippen LogP contribution in [0.3, 0.4) is 0 Å². The quantitative estimate of drug-likeness (QED) is 0.644. The van der Waals surface area contributed by atoms with E-state index in [1.54, 1.807) is 0 Å². The van der Waals surface area contributed by atoms with Gasteiger partial charge in [0.15, 0.2) is 5.00 Å². The lowest BCUT2D eigenvalue weighted by molar-refractivity contribution is -0.383.